The van der Waals surface area contributed by atoms with Crippen molar-refractivity contribution < 1.29 is 9.53 Å². The lowest BCUT2D eigenvalue weighted by Gasteiger charge is -2.36. The van der Waals surface area contributed by atoms with Crippen molar-refractivity contribution in [3.05, 3.63) is 48.0 Å². The van der Waals surface area contributed by atoms with E-state index in [-0.39, 0.29) is 5.04 Å². The predicted octanol–water partition coefficient (Wildman–Crippen LogP) is 4.73. The molecule has 0 saturated carbocycles. The molecule has 2 nitrogen and oxygen atoms in total. The fourth-order valence-corrected chi connectivity index (χ4v) is 2.75. The van der Waals surface area contributed by atoms with Crippen LogP contribution in [0.1, 0.15) is 39.2 Å². The number of hydrogen-bond donors (Lipinski definition) is 1. The summed E-state index contributed by atoms with van der Waals surface area (Å²) < 4.78 is 6.03. The highest BCUT2D eigenvalue weighted by atomic mass is 28.4. The van der Waals surface area contributed by atoms with Crippen molar-refractivity contribution in [2.45, 2.75) is 57.8 Å². The molecule has 0 amide bonds. The largest absolute Gasteiger partial charge is 0.414 e. The first kappa shape index (κ1) is 18.1. The number of aliphatic hydroxyl groups is 1. The van der Waals surface area contributed by atoms with Crippen molar-refractivity contribution in [1.29, 1.82) is 0 Å². The van der Waals surface area contributed by atoms with Crippen LogP contribution in [0, 0.1) is 0 Å². The zero-order valence-electron chi connectivity index (χ0n) is 14.3. The minimum absolute atomic E-state index is 0.174. The van der Waals surface area contributed by atoms with Gasteiger partial charge in [0, 0.05) is 0 Å². The first-order valence-electron chi connectivity index (χ1n) is 7.69. The lowest BCUT2D eigenvalue weighted by Crippen LogP contribution is -2.42. The third-order valence-corrected chi connectivity index (χ3v) is 8.87. The average molecular weight is 307 g/mol. The molecule has 0 spiro atoms. The van der Waals surface area contributed by atoms with Gasteiger partial charge in [-0.2, -0.15) is 0 Å². The van der Waals surface area contributed by atoms with Gasteiger partial charge in [-0.25, -0.2) is 0 Å². The molecule has 1 aromatic carbocycles. The van der Waals surface area contributed by atoms with Crippen LogP contribution in [-0.4, -0.2) is 26.1 Å². The van der Waals surface area contributed by atoms with Crippen LogP contribution in [0.2, 0.25) is 18.1 Å². The number of hydrogen-bond acceptors (Lipinski definition) is 2. The topological polar surface area (TPSA) is 29.5 Å². The highest BCUT2D eigenvalue weighted by molar-refractivity contribution is 6.74. The van der Waals surface area contributed by atoms with E-state index in [0.717, 1.165) is 0 Å². The summed E-state index contributed by atoms with van der Waals surface area (Å²) in [5, 5.41) is 10.3. The number of benzene rings is 1. The van der Waals surface area contributed by atoms with Crippen LogP contribution in [-0.2, 0) is 4.43 Å². The Labute approximate surface area is 131 Å². The van der Waals surface area contributed by atoms with Gasteiger partial charge in [0.05, 0.1) is 12.7 Å². The Balaban J connectivity index is 2.51. The van der Waals surface area contributed by atoms with Crippen LogP contribution < -0.4 is 0 Å². The molecule has 0 aliphatic carbocycles. The van der Waals surface area contributed by atoms with Gasteiger partial charge in [-0.1, -0.05) is 70.2 Å². The SMILES string of the molecule is C[C@@H](/C=C/[C@H](O)CO[Si](C)(C)C(C)(C)C)c1ccccc1. The summed E-state index contributed by atoms with van der Waals surface area (Å²) in [7, 11) is -1.78. The number of rotatable bonds is 6. The number of aliphatic hydroxyl groups excluding tert-OH is 1. The first-order chi connectivity index (χ1) is 9.63. The van der Waals surface area contributed by atoms with Gasteiger partial charge in [0.2, 0.25) is 0 Å². The fourth-order valence-electron chi connectivity index (χ4n) is 1.73. The van der Waals surface area contributed by atoms with Gasteiger partial charge in [0.15, 0.2) is 8.32 Å². The van der Waals surface area contributed by atoms with E-state index < -0.39 is 14.4 Å². The van der Waals surface area contributed by atoms with Gasteiger partial charge in [-0.3, -0.25) is 0 Å². The summed E-state index contributed by atoms with van der Waals surface area (Å²) in [6.45, 7) is 13.5. The smallest absolute Gasteiger partial charge is 0.192 e. The lowest BCUT2D eigenvalue weighted by molar-refractivity contribution is 0.135. The second-order valence-electron chi connectivity index (χ2n) is 7.22. The summed E-state index contributed by atoms with van der Waals surface area (Å²) in [6.07, 6.45) is 3.37. The Bertz CT molecular complexity index is 446. The van der Waals surface area contributed by atoms with Gasteiger partial charge in [0.25, 0.3) is 0 Å². The summed E-state index contributed by atoms with van der Waals surface area (Å²) >= 11 is 0. The zero-order valence-corrected chi connectivity index (χ0v) is 15.3. The monoisotopic (exact) mass is 306 g/mol. The molecule has 1 aromatic rings. The molecule has 0 fully saturated rings. The number of allylic oxidation sites excluding steroid dienone is 1. The zero-order chi connectivity index (χ0) is 16.1. The highest BCUT2D eigenvalue weighted by Gasteiger charge is 2.37. The van der Waals surface area contributed by atoms with E-state index in [0.29, 0.717) is 12.5 Å². The highest BCUT2D eigenvalue weighted by Crippen LogP contribution is 2.36. The van der Waals surface area contributed by atoms with Crippen molar-refractivity contribution in [3.8, 4) is 0 Å². The Morgan fingerprint density at radius 1 is 1.14 bits per heavy atom. The predicted molar refractivity (Wildman–Crippen MR) is 93.2 cm³/mol. The second-order valence-corrected chi connectivity index (χ2v) is 12.0. The maximum Gasteiger partial charge on any atom is 0.192 e. The molecule has 0 aliphatic heterocycles. The Kier molecular flexibility index (Phi) is 6.38. The van der Waals surface area contributed by atoms with Crippen molar-refractivity contribution in [3.63, 3.8) is 0 Å². The molecule has 3 heteroatoms. The van der Waals surface area contributed by atoms with Gasteiger partial charge >= 0.3 is 0 Å². The Morgan fingerprint density at radius 3 is 2.24 bits per heavy atom. The first-order valence-corrected chi connectivity index (χ1v) is 10.6. The van der Waals surface area contributed by atoms with Gasteiger partial charge < -0.3 is 9.53 Å². The van der Waals surface area contributed by atoms with Crippen molar-refractivity contribution >= 4 is 8.32 Å². The van der Waals surface area contributed by atoms with Crippen LogP contribution >= 0.6 is 0 Å². The fraction of sp³-hybridized carbons (Fsp3) is 0.556. The van der Waals surface area contributed by atoms with E-state index in [9.17, 15) is 5.11 Å². The Morgan fingerprint density at radius 2 is 1.71 bits per heavy atom. The molecule has 21 heavy (non-hydrogen) atoms. The Hall–Kier alpha value is -0.903. The summed E-state index contributed by atoms with van der Waals surface area (Å²) in [5.41, 5.74) is 1.26. The third kappa shape index (κ3) is 5.77. The molecule has 118 valence electrons. The van der Waals surface area contributed by atoms with E-state index in [4.69, 9.17) is 4.43 Å². The van der Waals surface area contributed by atoms with Crippen LogP contribution in [0.4, 0.5) is 0 Å². The average Bonchev–Trinajstić information content (AvgIpc) is 2.42. The summed E-state index contributed by atoms with van der Waals surface area (Å²) in [4.78, 5) is 0. The lowest BCUT2D eigenvalue weighted by atomic mass is 10.0. The molecule has 1 rings (SSSR count). The van der Waals surface area contributed by atoms with Crippen LogP contribution in [0.5, 0.6) is 0 Å². The van der Waals surface area contributed by atoms with Gasteiger partial charge in [-0.05, 0) is 29.6 Å². The molecule has 2 atom stereocenters. The second kappa shape index (κ2) is 7.39. The summed E-state index contributed by atoms with van der Waals surface area (Å²) in [5.74, 6) is 0.300. The molecular formula is C18H30O2Si. The van der Waals surface area contributed by atoms with E-state index >= 15 is 0 Å². The van der Waals surface area contributed by atoms with Crippen LogP contribution in [0.15, 0.2) is 42.5 Å². The molecule has 0 bridgehead atoms. The minimum atomic E-state index is -1.78. The van der Waals surface area contributed by atoms with E-state index in [2.05, 4.69) is 59.0 Å². The normalized spacial score (nSPS) is 16.1. The third-order valence-electron chi connectivity index (χ3n) is 4.37. The molecule has 0 aromatic heterocycles. The van der Waals surface area contributed by atoms with Gasteiger partial charge in [-0.15, -0.1) is 0 Å². The summed E-state index contributed by atoms with van der Waals surface area (Å²) in [6, 6.07) is 10.3. The van der Waals surface area contributed by atoms with Gasteiger partial charge in [0.1, 0.15) is 0 Å². The maximum atomic E-state index is 10.1. The standard InChI is InChI=1S/C18H30O2Si/c1-15(16-10-8-7-9-11-16)12-13-17(19)14-20-21(5,6)18(2,3)4/h7-13,15,17,19H,14H2,1-6H3/b13-12+/t15-,17-/m0/s1. The molecule has 1 N–H and O–H groups in total. The molecular weight excluding hydrogens is 276 g/mol. The van der Waals surface area contributed by atoms with Crippen molar-refractivity contribution in [2.24, 2.45) is 0 Å². The van der Waals surface area contributed by atoms with Crippen molar-refractivity contribution in [1.82, 2.24) is 0 Å². The van der Waals surface area contributed by atoms with E-state index in [1.165, 1.54) is 5.56 Å². The van der Waals surface area contributed by atoms with Crippen molar-refractivity contribution in [2.75, 3.05) is 6.61 Å². The minimum Gasteiger partial charge on any atom is -0.414 e. The molecule has 0 heterocycles. The molecule has 0 saturated heterocycles. The maximum absolute atomic E-state index is 10.1. The molecule has 0 aliphatic rings. The molecule has 0 unspecified atom stereocenters. The van der Waals surface area contributed by atoms with E-state index in [1.807, 2.05) is 24.3 Å². The quantitative estimate of drug-likeness (QED) is 0.608. The molecule has 0 radical (unpaired) electrons. The van der Waals surface area contributed by atoms with Crippen LogP contribution in [0.25, 0.3) is 0 Å². The van der Waals surface area contributed by atoms with Crippen LogP contribution in [0.3, 0.4) is 0 Å². The van der Waals surface area contributed by atoms with E-state index in [1.54, 1.807) is 0 Å².